The highest BCUT2D eigenvalue weighted by Crippen LogP contribution is 2.30. The van der Waals surface area contributed by atoms with Crippen LogP contribution in [-0.2, 0) is 6.42 Å². The maximum atomic E-state index is 11.0. The Kier molecular flexibility index (Phi) is 8.22. The maximum absolute atomic E-state index is 11.0. The molecule has 36 heavy (non-hydrogen) atoms. The lowest BCUT2D eigenvalue weighted by molar-refractivity contribution is 0.0692. The van der Waals surface area contributed by atoms with Crippen LogP contribution in [-0.4, -0.2) is 52.8 Å². The van der Waals surface area contributed by atoms with E-state index in [1.165, 1.54) is 54.3 Å². The maximum Gasteiger partial charge on any atom is 0.356 e. The number of ether oxygens (including phenoxy) is 2. The molecule has 1 atom stereocenters. The third-order valence-electron chi connectivity index (χ3n) is 6.10. The van der Waals surface area contributed by atoms with Gasteiger partial charge >= 0.3 is 5.97 Å². The van der Waals surface area contributed by atoms with Crippen LogP contribution in [0.4, 0.5) is 0 Å². The topological polar surface area (TPSA) is 109 Å². The van der Waals surface area contributed by atoms with Gasteiger partial charge in [0.05, 0.1) is 24.1 Å². The number of benzene rings is 1. The average Bonchev–Trinajstić information content (AvgIpc) is 3.52. The van der Waals surface area contributed by atoms with Crippen LogP contribution in [0, 0.1) is 12.8 Å². The number of aromatic carboxylic acids is 1. The van der Waals surface area contributed by atoms with Crippen molar-refractivity contribution in [3.05, 3.63) is 59.0 Å². The van der Waals surface area contributed by atoms with Crippen molar-refractivity contribution in [2.45, 2.75) is 39.2 Å². The van der Waals surface area contributed by atoms with E-state index >= 15 is 0 Å². The SMILES string of the molecule is COc1ccc(-c2sc(C)nc2C(=O)O)cn1.COc1ccc2[nH]cc(CC(C)NCC3CC3)c2c1. The van der Waals surface area contributed by atoms with Gasteiger partial charge in [-0.15, -0.1) is 11.3 Å². The van der Waals surface area contributed by atoms with Crippen molar-refractivity contribution in [2.75, 3.05) is 20.8 Å². The highest BCUT2D eigenvalue weighted by atomic mass is 32.1. The Morgan fingerprint density at radius 3 is 2.69 bits per heavy atom. The number of H-pyrrole nitrogens is 1. The Balaban J connectivity index is 0.000000170. The molecular weight excluding hydrogens is 476 g/mol. The number of hydrogen-bond donors (Lipinski definition) is 3. The lowest BCUT2D eigenvalue weighted by Crippen LogP contribution is -2.29. The van der Waals surface area contributed by atoms with Crippen LogP contribution in [0.2, 0.25) is 0 Å². The zero-order valence-electron chi connectivity index (χ0n) is 21.0. The van der Waals surface area contributed by atoms with E-state index in [0.717, 1.165) is 23.7 Å². The molecule has 1 aliphatic carbocycles. The van der Waals surface area contributed by atoms with Gasteiger partial charge in [0.2, 0.25) is 5.88 Å². The van der Waals surface area contributed by atoms with Crippen molar-refractivity contribution < 1.29 is 19.4 Å². The van der Waals surface area contributed by atoms with Gasteiger partial charge in [0.1, 0.15) is 5.75 Å². The van der Waals surface area contributed by atoms with Gasteiger partial charge in [-0.2, -0.15) is 0 Å². The number of rotatable bonds is 9. The number of carboxylic acids is 1. The summed E-state index contributed by atoms with van der Waals surface area (Å²) < 4.78 is 10.3. The minimum absolute atomic E-state index is 0.0690. The Bertz CT molecular complexity index is 1310. The van der Waals surface area contributed by atoms with E-state index in [2.05, 4.69) is 45.5 Å². The zero-order chi connectivity index (χ0) is 25.7. The second-order valence-corrected chi connectivity index (χ2v) is 10.2. The molecule has 0 saturated heterocycles. The number of thiazole rings is 1. The Hall–Kier alpha value is -3.43. The molecule has 3 heterocycles. The Morgan fingerprint density at radius 1 is 1.25 bits per heavy atom. The minimum atomic E-state index is -1.03. The quantitative estimate of drug-likeness (QED) is 0.280. The van der Waals surface area contributed by atoms with Crippen LogP contribution in [0.15, 0.2) is 42.7 Å². The van der Waals surface area contributed by atoms with Crippen molar-refractivity contribution >= 4 is 28.2 Å². The van der Waals surface area contributed by atoms with E-state index < -0.39 is 5.97 Å². The number of aromatic nitrogens is 3. The molecule has 190 valence electrons. The lowest BCUT2D eigenvalue weighted by Gasteiger charge is -2.13. The molecule has 4 aromatic rings. The third kappa shape index (κ3) is 6.41. The van der Waals surface area contributed by atoms with E-state index in [0.29, 0.717) is 21.8 Å². The average molecular weight is 509 g/mol. The van der Waals surface area contributed by atoms with Gasteiger partial charge in [-0.3, -0.25) is 0 Å². The van der Waals surface area contributed by atoms with Crippen molar-refractivity contribution in [3.8, 4) is 22.1 Å². The number of nitrogens with one attached hydrogen (secondary N) is 2. The zero-order valence-corrected chi connectivity index (χ0v) is 21.8. The highest BCUT2D eigenvalue weighted by molar-refractivity contribution is 7.15. The van der Waals surface area contributed by atoms with Gasteiger partial charge in [-0.05, 0) is 75.4 Å². The molecule has 1 aromatic carbocycles. The number of carbonyl (C=O) groups is 1. The molecule has 0 bridgehead atoms. The molecule has 1 fully saturated rings. The van der Waals surface area contributed by atoms with E-state index in [1.54, 1.807) is 32.4 Å². The first-order valence-corrected chi connectivity index (χ1v) is 12.8. The second kappa shape index (κ2) is 11.5. The van der Waals surface area contributed by atoms with Crippen molar-refractivity contribution in [1.82, 2.24) is 20.3 Å². The summed E-state index contributed by atoms with van der Waals surface area (Å²) in [4.78, 5) is 23.0. The van der Waals surface area contributed by atoms with Gasteiger partial charge in [0, 0.05) is 41.0 Å². The number of pyridine rings is 1. The Morgan fingerprint density at radius 2 is 2.06 bits per heavy atom. The van der Waals surface area contributed by atoms with E-state index in [1.807, 2.05) is 6.07 Å². The molecule has 5 rings (SSSR count). The van der Waals surface area contributed by atoms with Crippen molar-refractivity contribution in [1.29, 1.82) is 0 Å². The standard InChI is InChI=1S/C16H22N2O.C11H10N2O3S/c1-11(17-9-12-3-4-12)7-13-10-18-16-6-5-14(19-2)8-15(13)16;1-6-13-9(11(14)15)10(17-6)7-3-4-8(16-2)12-5-7/h5-6,8,10-12,17-18H,3-4,7,9H2,1-2H3;3-5H,1-2H3,(H,14,15). The third-order valence-corrected chi connectivity index (χ3v) is 7.12. The molecular formula is C27H32N4O4S. The second-order valence-electron chi connectivity index (χ2n) is 8.99. The molecule has 0 aliphatic heterocycles. The normalized spacial score (nSPS) is 13.7. The fourth-order valence-corrected chi connectivity index (χ4v) is 4.85. The molecule has 1 aliphatic rings. The predicted octanol–water partition coefficient (Wildman–Crippen LogP) is 5.33. The molecule has 3 aromatic heterocycles. The van der Waals surface area contributed by atoms with Crippen molar-refractivity contribution in [2.24, 2.45) is 5.92 Å². The lowest BCUT2D eigenvalue weighted by atomic mass is 10.1. The van der Waals surface area contributed by atoms with Crippen LogP contribution in [0.25, 0.3) is 21.3 Å². The van der Waals surface area contributed by atoms with E-state index in [-0.39, 0.29) is 5.69 Å². The molecule has 0 spiro atoms. The fourth-order valence-electron chi connectivity index (χ4n) is 3.95. The smallest absolute Gasteiger partial charge is 0.356 e. The minimum Gasteiger partial charge on any atom is -0.497 e. The number of fused-ring (bicyclic) bond motifs is 1. The van der Waals surface area contributed by atoms with Gasteiger partial charge in [0.25, 0.3) is 0 Å². The highest BCUT2D eigenvalue weighted by Gasteiger charge is 2.21. The van der Waals surface area contributed by atoms with Gasteiger partial charge < -0.3 is 24.9 Å². The van der Waals surface area contributed by atoms with E-state index in [4.69, 9.17) is 14.6 Å². The van der Waals surface area contributed by atoms with Gasteiger partial charge in [-0.25, -0.2) is 14.8 Å². The predicted molar refractivity (Wildman–Crippen MR) is 142 cm³/mol. The molecule has 0 amide bonds. The summed E-state index contributed by atoms with van der Waals surface area (Å²) in [5.41, 5.74) is 3.35. The number of hydrogen-bond acceptors (Lipinski definition) is 7. The van der Waals surface area contributed by atoms with Crippen molar-refractivity contribution in [3.63, 3.8) is 0 Å². The van der Waals surface area contributed by atoms with Crippen LogP contribution < -0.4 is 14.8 Å². The fraction of sp³-hybridized carbons (Fsp3) is 0.370. The molecule has 9 heteroatoms. The van der Waals surface area contributed by atoms with Gasteiger partial charge in [0.15, 0.2) is 5.69 Å². The summed E-state index contributed by atoms with van der Waals surface area (Å²) in [5.74, 6) is 1.32. The van der Waals surface area contributed by atoms with E-state index in [9.17, 15) is 4.79 Å². The summed E-state index contributed by atoms with van der Waals surface area (Å²) in [6, 6.07) is 10.2. The Labute approximate surface area is 214 Å². The number of aryl methyl sites for hydroxylation is 1. The first-order chi connectivity index (χ1) is 17.4. The molecule has 8 nitrogen and oxygen atoms in total. The monoisotopic (exact) mass is 508 g/mol. The number of methoxy groups -OCH3 is 2. The summed E-state index contributed by atoms with van der Waals surface area (Å²) in [6.45, 7) is 5.21. The summed E-state index contributed by atoms with van der Waals surface area (Å²) in [5, 5.41) is 14.7. The molecule has 0 radical (unpaired) electrons. The molecule has 3 N–H and O–H groups in total. The first-order valence-electron chi connectivity index (χ1n) is 12.0. The van der Waals surface area contributed by atoms with Crippen LogP contribution in [0.1, 0.15) is 40.8 Å². The summed E-state index contributed by atoms with van der Waals surface area (Å²) in [7, 11) is 3.24. The molecule has 1 saturated carbocycles. The van der Waals surface area contributed by atoms with Crippen LogP contribution in [0.5, 0.6) is 11.6 Å². The van der Waals surface area contributed by atoms with Crippen LogP contribution in [0.3, 0.4) is 0 Å². The molecule has 1 unspecified atom stereocenters. The van der Waals surface area contributed by atoms with Gasteiger partial charge in [-0.1, -0.05) is 0 Å². The summed E-state index contributed by atoms with van der Waals surface area (Å²) in [6.07, 6.45) is 7.57. The number of carboxylic acid groups (broad SMARTS) is 1. The first kappa shape index (κ1) is 25.7. The largest absolute Gasteiger partial charge is 0.497 e. The van der Waals surface area contributed by atoms with Crippen LogP contribution >= 0.6 is 11.3 Å². The summed E-state index contributed by atoms with van der Waals surface area (Å²) >= 11 is 1.34. The number of nitrogens with zero attached hydrogens (tertiary/aromatic N) is 2. The number of aromatic amines is 1.